The molecule has 4 aromatic heterocycles. The molecule has 6 nitrogen and oxygen atoms in total. The summed E-state index contributed by atoms with van der Waals surface area (Å²) in [5.41, 5.74) is 4.71. The molecule has 4 aromatic rings. The molecule has 0 atom stereocenters. The maximum absolute atomic E-state index is 13.5. The van der Waals surface area contributed by atoms with Crippen LogP contribution in [0.25, 0.3) is 17.2 Å². The van der Waals surface area contributed by atoms with Gasteiger partial charge in [0.05, 0.1) is 12.2 Å². The predicted molar refractivity (Wildman–Crippen MR) is 96.2 cm³/mol. The fourth-order valence-corrected chi connectivity index (χ4v) is 3.26. The highest BCUT2D eigenvalue weighted by atomic mass is 19.1. The van der Waals surface area contributed by atoms with Crippen molar-refractivity contribution >= 4 is 5.65 Å². The first-order chi connectivity index (χ1) is 12.7. The van der Waals surface area contributed by atoms with E-state index in [0.717, 1.165) is 29.7 Å². The Kier molecular flexibility index (Phi) is 4.20. The molecule has 0 radical (unpaired) electrons. The first-order valence-corrected chi connectivity index (χ1v) is 8.63. The van der Waals surface area contributed by atoms with E-state index in [0.29, 0.717) is 18.1 Å². The van der Waals surface area contributed by atoms with Crippen LogP contribution >= 0.6 is 0 Å². The van der Waals surface area contributed by atoms with E-state index >= 15 is 0 Å². The van der Waals surface area contributed by atoms with E-state index in [1.54, 1.807) is 29.0 Å². The lowest BCUT2D eigenvalue weighted by atomic mass is 10.0. The minimum Gasteiger partial charge on any atom is -0.324 e. The van der Waals surface area contributed by atoms with Crippen molar-refractivity contribution in [2.75, 3.05) is 0 Å². The van der Waals surface area contributed by atoms with Crippen LogP contribution < -0.4 is 0 Å². The molecule has 0 aliphatic carbocycles. The lowest BCUT2D eigenvalue weighted by Gasteiger charge is -2.14. The number of halogens is 1. The van der Waals surface area contributed by atoms with Crippen LogP contribution in [0.5, 0.6) is 0 Å². The average molecular weight is 350 g/mol. The molecule has 0 saturated carbocycles. The van der Waals surface area contributed by atoms with Crippen molar-refractivity contribution in [1.82, 2.24) is 29.1 Å². The highest BCUT2D eigenvalue weighted by Crippen LogP contribution is 2.22. The molecule has 0 spiro atoms. The van der Waals surface area contributed by atoms with Gasteiger partial charge >= 0.3 is 0 Å². The third-order valence-electron chi connectivity index (χ3n) is 4.47. The largest absolute Gasteiger partial charge is 0.324 e. The van der Waals surface area contributed by atoms with E-state index in [1.807, 2.05) is 17.0 Å². The average Bonchev–Trinajstić information content (AvgIpc) is 3.28. The molecule has 0 unspecified atom stereocenters. The Labute approximate surface area is 150 Å². The van der Waals surface area contributed by atoms with Gasteiger partial charge in [0.2, 0.25) is 5.95 Å². The van der Waals surface area contributed by atoms with Crippen LogP contribution in [0.15, 0.2) is 43.0 Å². The molecule has 0 aliphatic heterocycles. The number of nitrogens with zero attached hydrogens (tertiary/aromatic N) is 6. The van der Waals surface area contributed by atoms with Crippen molar-refractivity contribution in [3.63, 3.8) is 0 Å². The molecule has 4 heterocycles. The van der Waals surface area contributed by atoms with Crippen LogP contribution in [-0.4, -0.2) is 29.1 Å². The first-order valence-electron chi connectivity index (χ1n) is 8.63. The van der Waals surface area contributed by atoms with Gasteiger partial charge in [-0.2, -0.15) is 9.49 Å². The van der Waals surface area contributed by atoms with Gasteiger partial charge in [0.25, 0.3) is 0 Å². The molecule has 7 heteroatoms. The zero-order chi connectivity index (χ0) is 18.1. The van der Waals surface area contributed by atoms with Crippen LogP contribution in [0.2, 0.25) is 0 Å². The SMILES string of the molecule is CCCc1c(Cn2ccnc2-c2cccc(F)n2)nn2ccnc2c1C. The van der Waals surface area contributed by atoms with Gasteiger partial charge in [-0.3, -0.25) is 0 Å². The number of fused-ring (bicyclic) bond motifs is 1. The quantitative estimate of drug-likeness (QED) is 0.517. The Morgan fingerprint density at radius 1 is 1.12 bits per heavy atom. The number of hydrogen-bond donors (Lipinski definition) is 0. The summed E-state index contributed by atoms with van der Waals surface area (Å²) in [5.74, 6) is 0.106. The molecule has 0 saturated heterocycles. The zero-order valence-corrected chi connectivity index (χ0v) is 14.7. The zero-order valence-electron chi connectivity index (χ0n) is 14.7. The summed E-state index contributed by atoms with van der Waals surface area (Å²) in [6.07, 6.45) is 9.13. The second-order valence-corrected chi connectivity index (χ2v) is 6.22. The van der Waals surface area contributed by atoms with Gasteiger partial charge in [0.1, 0.15) is 5.69 Å². The fraction of sp³-hybridized carbons (Fsp3) is 0.263. The molecule has 0 amide bonds. The molecule has 0 aliphatic rings. The minimum atomic E-state index is -0.516. The number of aryl methyl sites for hydroxylation is 1. The van der Waals surface area contributed by atoms with E-state index in [1.165, 1.54) is 11.6 Å². The van der Waals surface area contributed by atoms with Gasteiger partial charge in [-0.25, -0.2) is 19.5 Å². The van der Waals surface area contributed by atoms with Crippen LogP contribution in [0, 0.1) is 12.9 Å². The van der Waals surface area contributed by atoms with Gasteiger partial charge in [0, 0.05) is 24.8 Å². The van der Waals surface area contributed by atoms with Gasteiger partial charge in [-0.1, -0.05) is 19.4 Å². The maximum Gasteiger partial charge on any atom is 0.213 e. The number of pyridine rings is 1. The molecule has 0 bridgehead atoms. The summed E-state index contributed by atoms with van der Waals surface area (Å²) in [7, 11) is 0. The van der Waals surface area contributed by atoms with Crippen molar-refractivity contribution in [1.29, 1.82) is 0 Å². The van der Waals surface area contributed by atoms with E-state index in [9.17, 15) is 4.39 Å². The smallest absolute Gasteiger partial charge is 0.213 e. The van der Waals surface area contributed by atoms with Crippen LogP contribution in [0.4, 0.5) is 4.39 Å². The van der Waals surface area contributed by atoms with E-state index in [-0.39, 0.29) is 0 Å². The van der Waals surface area contributed by atoms with E-state index in [4.69, 9.17) is 5.10 Å². The second kappa shape index (κ2) is 6.67. The Morgan fingerprint density at radius 2 is 1.96 bits per heavy atom. The monoisotopic (exact) mass is 350 g/mol. The third kappa shape index (κ3) is 2.85. The van der Waals surface area contributed by atoms with Crippen molar-refractivity contribution in [3.8, 4) is 11.5 Å². The lowest BCUT2D eigenvalue weighted by Crippen LogP contribution is -2.12. The summed E-state index contributed by atoms with van der Waals surface area (Å²) in [6.45, 7) is 4.78. The Morgan fingerprint density at radius 3 is 2.77 bits per heavy atom. The first kappa shape index (κ1) is 16.4. The summed E-state index contributed by atoms with van der Waals surface area (Å²) < 4.78 is 17.3. The predicted octanol–water partition coefficient (Wildman–Crippen LogP) is 3.44. The number of rotatable bonds is 5. The summed E-state index contributed by atoms with van der Waals surface area (Å²) in [5, 5.41) is 4.75. The minimum absolute atomic E-state index is 0.507. The molecule has 26 heavy (non-hydrogen) atoms. The van der Waals surface area contributed by atoms with Crippen molar-refractivity contribution < 1.29 is 4.39 Å². The van der Waals surface area contributed by atoms with E-state index < -0.39 is 5.95 Å². The number of hydrogen-bond acceptors (Lipinski definition) is 4. The highest BCUT2D eigenvalue weighted by Gasteiger charge is 2.15. The van der Waals surface area contributed by atoms with Crippen molar-refractivity contribution in [2.45, 2.75) is 33.2 Å². The van der Waals surface area contributed by atoms with Gasteiger partial charge in [-0.05, 0) is 36.6 Å². The molecule has 0 N–H and O–H groups in total. The normalized spacial score (nSPS) is 11.3. The Balaban J connectivity index is 1.79. The number of aromatic nitrogens is 6. The van der Waals surface area contributed by atoms with E-state index in [2.05, 4.69) is 28.8 Å². The molecule has 4 rings (SSSR count). The highest BCUT2D eigenvalue weighted by molar-refractivity contribution is 5.52. The lowest BCUT2D eigenvalue weighted by molar-refractivity contribution is 0.584. The summed E-state index contributed by atoms with van der Waals surface area (Å²) >= 11 is 0. The fourth-order valence-electron chi connectivity index (χ4n) is 3.26. The standard InChI is InChI=1S/C19H19FN6/c1-3-5-14-13(2)18-21-9-11-26(18)24-16(14)12-25-10-8-22-19(25)15-6-4-7-17(20)23-15/h4,6-11H,3,5,12H2,1-2H3. The van der Waals surface area contributed by atoms with Crippen LogP contribution in [0.3, 0.4) is 0 Å². The van der Waals surface area contributed by atoms with Gasteiger partial charge < -0.3 is 4.57 Å². The molecule has 132 valence electrons. The van der Waals surface area contributed by atoms with Gasteiger partial charge in [0.15, 0.2) is 11.5 Å². The topological polar surface area (TPSA) is 60.9 Å². The third-order valence-corrected chi connectivity index (χ3v) is 4.47. The second-order valence-electron chi connectivity index (χ2n) is 6.22. The molecule has 0 aromatic carbocycles. The summed E-state index contributed by atoms with van der Waals surface area (Å²) in [6, 6.07) is 4.72. The van der Waals surface area contributed by atoms with Crippen molar-refractivity contribution in [2.24, 2.45) is 0 Å². The maximum atomic E-state index is 13.5. The summed E-state index contributed by atoms with van der Waals surface area (Å²) in [4.78, 5) is 12.7. The molecule has 0 fully saturated rings. The van der Waals surface area contributed by atoms with Crippen LogP contribution in [0.1, 0.15) is 30.2 Å². The molecular formula is C19H19FN6. The van der Waals surface area contributed by atoms with Crippen LogP contribution in [-0.2, 0) is 13.0 Å². The van der Waals surface area contributed by atoms with Gasteiger partial charge in [-0.15, -0.1) is 0 Å². The Hall–Kier alpha value is -3.09. The number of imidazole rings is 2. The molecular weight excluding hydrogens is 331 g/mol. The van der Waals surface area contributed by atoms with Crippen molar-refractivity contribution in [3.05, 3.63) is 65.8 Å². The Bertz CT molecular complexity index is 1070.